The predicted molar refractivity (Wildman–Crippen MR) is 115 cm³/mol. The fourth-order valence-electron chi connectivity index (χ4n) is 3.73. The van der Waals surface area contributed by atoms with Gasteiger partial charge in [0.05, 0.1) is 0 Å². The van der Waals surface area contributed by atoms with Crippen molar-refractivity contribution in [3.05, 3.63) is 81.8 Å². The Bertz CT molecular complexity index is 764. The molecular formula is C25H27Br. The molecule has 0 aliphatic heterocycles. The van der Waals surface area contributed by atoms with Gasteiger partial charge in [0.2, 0.25) is 0 Å². The number of allylic oxidation sites excluding steroid dienone is 2. The van der Waals surface area contributed by atoms with Crippen molar-refractivity contribution >= 4 is 15.9 Å². The molecule has 1 saturated carbocycles. The second kappa shape index (κ2) is 9.79. The third-order valence-corrected chi connectivity index (χ3v) is 5.80. The molecule has 0 aromatic heterocycles. The maximum Gasteiger partial charge on any atom is 0.0249 e. The van der Waals surface area contributed by atoms with Crippen LogP contribution in [0.15, 0.2) is 65.2 Å². The minimum absolute atomic E-state index is 0.685. The molecule has 0 nitrogen and oxygen atoms in total. The van der Waals surface area contributed by atoms with E-state index in [2.05, 4.69) is 65.0 Å². The highest BCUT2D eigenvalue weighted by Gasteiger charge is 2.20. The van der Waals surface area contributed by atoms with Crippen LogP contribution in [0.3, 0.4) is 0 Å². The molecule has 2 aromatic rings. The second-order valence-electron chi connectivity index (χ2n) is 7.24. The average Bonchev–Trinajstić information content (AvgIpc) is 2.68. The van der Waals surface area contributed by atoms with Gasteiger partial charge < -0.3 is 0 Å². The summed E-state index contributed by atoms with van der Waals surface area (Å²) in [5.41, 5.74) is 4.06. The smallest absolute Gasteiger partial charge is 0.0249 e. The molecule has 0 heterocycles. The van der Waals surface area contributed by atoms with Gasteiger partial charge in [0, 0.05) is 10.0 Å². The van der Waals surface area contributed by atoms with E-state index in [1.165, 1.54) is 49.7 Å². The SMILES string of the molecule is CCCc1ccc(C2CCC(C=CC#Cc3ccc(Br)cc3)CC2)cc1. The molecule has 134 valence electrons. The molecule has 1 aliphatic carbocycles. The van der Waals surface area contributed by atoms with Crippen LogP contribution >= 0.6 is 15.9 Å². The number of hydrogen-bond acceptors (Lipinski definition) is 0. The summed E-state index contributed by atoms with van der Waals surface area (Å²) in [5.74, 6) is 7.81. The molecule has 0 bridgehead atoms. The van der Waals surface area contributed by atoms with Gasteiger partial charge in [0.1, 0.15) is 0 Å². The summed E-state index contributed by atoms with van der Waals surface area (Å²) in [4.78, 5) is 0. The normalized spacial score (nSPS) is 19.9. The lowest BCUT2D eigenvalue weighted by molar-refractivity contribution is 0.376. The van der Waals surface area contributed by atoms with Crippen LogP contribution < -0.4 is 0 Å². The first-order valence-corrected chi connectivity index (χ1v) is 10.6. The number of rotatable bonds is 4. The van der Waals surface area contributed by atoms with Crippen molar-refractivity contribution in [1.82, 2.24) is 0 Å². The monoisotopic (exact) mass is 406 g/mol. The van der Waals surface area contributed by atoms with Crippen molar-refractivity contribution in [1.29, 1.82) is 0 Å². The van der Waals surface area contributed by atoms with E-state index in [4.69, 9.17) is 0 Å². The van der Waals surface area contributed by atoms with E-state index in [1.807, 2.05) is 30.3 Å². The van der Waals surface area contributed by atoms with Crippen LogP contribution in [0, 0.1) is 17.8 Å². The summed E-state index contributed by atoms with van der Waals surface area (Å²) in [6.07, 6.45) is 11.9. The first-order valence-electron chi connectivity index (χ1n) is 9.77. The minimum atomic E-state index is 0.685. The van der Waals surface area contributed by atoms with Crippen LogP contribution in [0.25, 0.3) is 0 Å². The van der Waals surface area contributed by atoms with Gasteiger partial charge in [-0.05, 0) is 85.4 Å². The molecule has 1 heteroatoms. The maximum absolute atomic E-state index is 3.45. The van der Waals surface area contributed by atoms with E-state index in [1.54, 1.807) is 0 Å². The molecule has 0 unspecified atom stereocenters. The van der Waals surface area contributed by atoms with E-state index >= 15 is 0 Å². The molecule has 0 spiro atoms. The Labute approximate surface area is 166 Å². The number of halogens is 1. The van der Waals surface area contributed by atoms with E-state index in [-0.39, 0.29) is 0 Å². The predicted octanol–water partition coefficient (Wildman–Crippen LogP) is 7.28. The zero-order valence-corrected chi connectivity index (χ0v) is 17.1. The molecule has 0 N–H and O–H groups in total. The van der Waals surface area contributed by atoms with Crippen molar-refractivity contribution in [2.24, 2.45) is 5.92 Å². The number of hydrogen-bond donors (Lipinski definition) is 0. The fraction of sp³-hybridized carbons (Fsp3) is 0.360. The van der Waals surface area contributed by atoms with Crippen molar-refractivity contribution < 1.29 is 0 Å². The Morgan fingerprint density at radius 3 is 2.31 bits per heavy atom. The topological polar surface area (TPSA) is 0 Å². The minimum Gasteiger partial charge on any atom is -0.0730 e. The Kier molecular flexibility index (Phi) is 7.15. The Morgan fingerprint density at radius 1 is 0.962 bits per heavy atom. The van der Waals surface area contributed by atoms with Gasteiger partial charge >= 0.3 is 0 Å². The summed E-state index contributed by atoms with van der Waals surface area (Å²) in [6.45, 7) is 2.24. The fourth-order valence-corrected chi connectivity index (χ4v) is 4.00. The van der Waals surface area contributed by atoms with Gasteiger partial charge in [0.15, 0.2) is 0 Å². The Hall–Kier alpha value is -1.78. The van der Waals surface area contributed by atoms with E-state index in [0.29, 0.717) is 5.92 Å². The van der Waals surface area contributed by atoms with Gasteiger partial charge in [-0.3, -0.25) is 0 Å². The average molecular weight is 407 g/mol. The highest BCUT2D eigenvalue weighted by molar-refractivity contribution is 9.10. The molecule has 3 rings (SSSR count). The zero-order chi connectivity index (χ0) is 18.2. The highest BCUT2D eigenvalue weighted by Crippen LogP contribution is 2.36. The van der Waals surface area contributed by atoms with Crippen LogP contribution in [0.2, 0.25) is 0 Å². The molecule has 1 fully saturated rings. The lowest BCUT2D eigenvalue weighted by Gasteiger charge is -2.27. The summed E-state index contributed by atoms with van der Waals surface area (Å²) in [5, 5.41) is 0. The van der Waals surface area contributed by atoms with Crippen LogP contribution in [-0.2, 0) is 6.42 Å². The third-order valence-electron chi connectivity index (χ3n) is 5.27. The van der Waals surface area contributed by atoms with Gasteiger partial charge in [-0.2, -0.15) is 0 Å². The largest absolute Gasteiger partial charge is 0.0730 e. The molecule has 2 aromatic carbocycles. The quantitative estimate of drug-likeness (QED) is 0.467. The highest BCUT2D eigenvalue weighted by atomic mass is 79.9. The van der Waals surface area contributed by atoms with Gasteiger partial charge in [0.25, 0.3) is 0 Å². The van der Waals surface area contributed by atoms with Crippen LogP contribution in [-0.4, -0.2) is 0 Å². The lowest BCUT2D eigenvalue weighted by atomic mass is 9.78. The van der Waals surface area contributed by atoms with Crippen molar-refractivity contribution in [3.8, 4) is 11.8 Å². The van der Waals surface area contributed by atoms with E-state index in [9.17, 15) is 0 Å². The second-order valence-corrected chi connectivity index (χ2v) is 8.15. The molecule has 0 saturated heterocycles. The number of aryl methyl sites for hydroxylation is 1. The van der Waals surface area contributed by atoms with E-state index in [0.717, 1.165) is 16.0 Å². The third kappa shape index (κ3) is 5.61. The number of benzene rings is 2. The van der Waals surface area contributed by atoms with Gasteiger partial charge in [-0.1, -0.05) is 71.5 Å². The van der Waals surface area contributed by atoms with Crippen LogP contribution in [0.1, 0.15) is 61.6 Å². The standard InChI is InChI=1S/C25H27Br/c1-2-5-20-8-14-23(15-9-20)24-16-10-21(11-17-24)6-3-4-7-22-12-18-25(26)19-13-22/h3,6,8-9,12-15,18-19,21,24H,2,5,10-11,16-17H2,1H3. The molecule has 0 atom stereocenters. The first-order chi connectivity index (χ1) is 12.7. The van der Waals surface area contributed by atoms with E-state index < -0.39 is 0 Å². The first kappa shape index (κ1) is 19.0. The Balaban J connectivity index is 1.48. The van der Waals surface area contributed by atoms with Gasteiger partial charge in [-0.15, -0.1) is 0 Å². The Morgan fingerprint density at radius 2 is 1.65 bits per heavy atom. The molecular weight excluding hydrogens is 380 g/mol. The van der Waals surface area contributed by atoms with Crippen molar-refractivity contribution in [2.75, 3.05) is 0 Å². The molecule has 26 heavy (non-hydrogen) atoms. The van der Waals surface area contributed by atoms with Gasteiger partial charge in [-0.25, -0.2) is 0 Å². The van der Waals surface area contributed by atoms with Crippen molar-refractivity contribution in [2.45, 2.75) is 51.4 Å². The zero-order valence-electron chi connectivity index (χ0n) is 15.5. The summed E-state index contributed by atoms with van der Waals surface area (Å²) in [6, 6.07) is 17.5. The van der Waals surface area contributed by atoms with Crippen LogP contribution in [0.5, 0.6) is 0 Å². The van der Waals surface area contributed by atoms with Crippen LogP contribution in [0.4, 0.5) is 0 Å². The summed E-state index contributed by atoms with van der Waals surface area (Å²) < 4.78 is 1.09. The van der Waals surface area contributed by atoms with Crippen molar-refractivity contribution in [3.63, 3.8) is 0 Å². The molecule has 1 aliphatic rings. The molecule has 0 radical (unpaired) electrons. The summed E-state index contributed by atoms with van der Waals surface area (Å²) in [7, 11) is 0. The maximum atomic E-state index is 3.45. The lowest BCUT2D eigenvalue weighted by Crippen LogP contribution is -2.11. The summed E-state index contributed by atoms with van der Waals surface area (Å²) >= 11 is 3.45. The molecule has 0 amide bonds.